The number of aliphatic hydroxyl groups is 1. The number of thioether (sulfide) groups is 1. The van der Waals surface area contributed by atoms with Crippen LogP contribution in [0.1, 0.15) is 30.0 Å². The molecule has 2 aromatic carbocycles. The second-order valence-corrected chi connectivity index (χ2v) is 6.81. The van der Waals surface area contributed by atoms with Crippen molar-refractivity contribution >= 4 is 17.7 Å². The minimum atomic E-state index is -1.23. The quantitative estimate of drug-likeness (QED) is 0.804. The first-order chi connectivity index (χ1) is 11.4. The summed E-state index contributed by atoms with van der Waals surface area (Å²) in [6.45, 7) is 1.94. The monoisotopic (exact) mass is 347 g/mol. The Hall–Kier alpha value is -1.85. The molecule has 0 aliphatic carbocycles. The van der Waals surface area contributed by atoms with Gasteiger partial charge in [-0.2, -0.15) is 11.8 Å². The Morgan fingerprint density at radius 3 is 2.58 bits per heavy atom. The van der Waals surface area contributed by atoms with Crippen LogP contribution in [0.25, 0.3) is 0 Å². The van der Waals surface area contributed by atoms with E-state index in [0.717, 1.165) is 11.1 Å². The molecule has 0 fully saturated rings. The summed E-state index contributed by atoms with van der Waals surface area (Å²) in [6.07, 6.45) is 1.92. The second-order valence-electron chi connectivity index (χ2n) is 5.94. The van der Waals surface area contributed by atoms with Crippen LogP contribution in [0.5, 0.6) is 0 Å². The fraction of sp³-hybridized carbons (Fsp3) is 0.316. The predicted octanol–water partition coefficient (Wildman–Crippen LogP) is 3.60. The van der Waals surface area contributed by atoms with Gasteiger partial charge >= 0.3 is 0 Å². The van der Waals surface area contributed by atoms with E-state index in [-0.39, 0.29) is 18.1 Å². The summed E-state index contributed by atoms with van der Waals surface area (Å²) in [7, 11) is 0. The summed E-state index contributed by atoms with van der Waals surface area (Å²) in [5.41, 5.74) is 1.23. The summed E-state index contributed by atoms with van der Waals surface area (Å²) in [4.78, 5) is 12.2. The highest BCUT2D eigenvalue weighted by atomic mass is 32.2. The third-order valence-electron chi connectivity index (χ3n) is 3.84. The number of carbonyl (C=O) groups excluding carboxylic acids is 1. The maximum atomic E-state index is 13.3. The second kappa shape index (κ2) is 8.31. The summed E-state index contributed by atoms with van der Waals surface area (Å²) in [5, 5.41) is 13.3. The zero-order chi connectivity index (χ0) is 17.6. The van der Waals surface area contributed by atoms with E-state index in [2.05, 4.69) is 5.32 Å². The molecule has 0 saturated carbocycles. The number of amides is 1. The van der Waals surface area contributed by atoms with E-state index in [1.807, 2.05) is 24.5 Å². The third-order valence-corrected chi connectivity index (χ3v) is 4.44. The van der Waals surface area contributed by atoms with Crippen molar-refractivity contribution in [3.63, 3.8) is 0 Å². The molecule has 1 amide bonds. The number of nitrogens with one attached hydrogen (secondary N) is 1. The standard InChI is InChI=1S/C19H22FNO2S/c1-19(23,16-6-4-3-5-7-16)11-18(22)21-12-14-8-9-17(20)10-15(14)13-24-2/h3-10,23H,11-13H2,1-2H3,(H,21,22). The van der Waals surface area contributed by atoms with Crippen molar-refractivity contribution in [2.75, 3.05) is 6.26 Å². The van der Waals surface area contributed by atoms with Gasteiger partial charge in [0, 0.05) is 12.3 Å². The molecule has 2 N–H and O–H groups in total. The molecule has 0 heterocycles. The van der Waals surface area contributed by atoms with Gasteiger partial charge in [-0.3, -0.25) is 4.79 Å². The van der Waals surface area contributed by atoms with Crippen LogP contribution in [0.4, 0.5) is 4.39 Å². The largest absolute Gasteiger partial charge is 0.385 e. The maximum Gasteiger partial charge on any atom is 0.223 e. The first kappa shape index (κ1) is 18.5. The molecule has 0 saturated heterocycles. The van der Waals surface area contributed by atoms with Gasteiger partial charge in [-0.1, -0.05) is 36.4 Å². The lowest BCUT2D eigenvalue weighted by Gasteiger charge is -2.23. The molecule has 0 spiro atoms. The highest BCUT2D eigenvalue weighted by Gasteiger charge is 2.26. The lowest BCUT2D eigenvalue weighted by Crippen LogP contribution is -2.32. The van der Waals surface area contributed by atoms with E-state index < -0.39 is 5.60 Å². The van der Waals surface area contributed by atoms with Crippen LogP contribution in [0.3, 0.4) is 0 Å². The van der Waals surface area contributed by atoms with E-state index in [9.17, 15) is 14.3 Å². The molecular weight excluding hydrogens is 325 g/mol. The van der Waals surface area contributed by atoms with Crippen LogP contribution in [-0.2, 0) is 22.7 Å². The average Bonchev–Trinajstić information content (AvgIpc) is 2.55. The Kier molecular flexibility index (Phi) is 6.40. The highest BCUT2D eigenvalue weighted by Crippen LogP contribution is 2.24. The lowest BCUT2D eigenvalue weighted by molar-refractivity contribution is -0.126. The number of benzene rings is 2. The molecule has 0 bridgehead atoms. The van der Waals surface area contributed by atoms with Gasteiger partial charge in [0.15, 0.2) is 0 Å². The fourth-order valence-corrected chi connectivity index (χ4v) is 3.10. The molecule has 24 heavy (non-hydrogen) atoms. The van der Waals surface area contributed by atoms with Gasteiger partial charge < -0.3 is 10.4 Å². The molecule has 2 rings (SSSR count). The van der Waals surface area contributed by atoms with Gasteiger partial charge in [-0.15, -0.1) is 0 Å². The zero-order valence-electron chi connectivity index (χ0n) is 13.9. The van der Waals surface area contributed by atoms with E-state index in [0.29, 0.717) is 17.9 Å². The SMILES string of the molecule is CSCc1cc(F)ccc1CNC(=O)CC(C)(O)c1ccccc1. The van der Waals surface area contributed by atoms with Gasteiger partial charge in [0.25, 0.3) is 0 Å². The van der Waals surface area contributed by atoms with Crippen molar-refractivity contribution < 1.29 is 14.3 Å². The molecule has 0 aromatic heterocycles. The molecule has 2 aromatic rings. The normalized spacial score (nSPS) is 13.3. The zero-order valence-corrected chi connectivity index (χ0v) is 14.7. The third kappa shape index (κ3) is 5.08. The smallest absolute Gasteiger partial charge is 0.223 e. The van der Waals surface area contributed by atoms with Gasteiger partial charge in [0.1, 0.15) is 5.82 Å². The Bertz CT molecular complexity index is 689. The summed E-state index contributed by atoms with van der Waals surface area (Å²) in [5.74, 6) is 0.162. The Morgan fingerprint density at radius 1 is 1.21 bits per heavy atom. The van der Waals surface area contributed by atoms with Gasteiger partial charge in [0.05, 0.1) is 12.0 Å². The summed E-state index contributed by atoms with van der Waals surface area (Å²) in [6, 6.07) is 13.7. The van der Waals surface area contributed by atoms with Gasteiger partial charge in [0.2, 0.25) is 5.91 Å². The van der Waals surface area contributed by atoms with Crippen LogP contribution >= 0.6 is 11.8 Å². The van der Waals surface area contributed by atoms with Crippen molar-refractivity contribution in [2.45, 2.75) is 31.2 Å². The summed E-state index contributed by atoms with van der Waals surface area (Å²) >= 11 is 1.60. The molecule has 128 valence electrons. The van der Waals surface area contributed by atoms with Crippen LogP contribution in [0, 0.1) is 5.82 Å². The van der Waals surface area contributed by atoms with Crippen LogP contribution in [0.2, 0.25) is 0 Å². The first-order valence-corrected chi connectivity index (χ1v) is 9.12. The Balaban J connectivity index is 1.99. The lowest BCUT2D eigenvalue weighted by atomic mass is 9.92. The molecule has 1 unspecified atom stereocenters. The van der Waals surface area contributed by atoms with Gasteiger partial charge in [-0.05, 0) is 42.0 Å². The van der Waals surface area contributed by atoms with Crippen molar-refractivity contribution in [3.05, 3.63) is 71.0 Å². The molecule has 1 atom stereocenters. The molecular formula is C19H22FNO2S. The number of hydrogen-bond donors (Lipinski definition) is 2. The van der Waals surface area contributed by atoms with E-state index in [4.69, 9.17) is 0 Å². The maximum absolute atomic E-state index is 13.3. The molecule has 0 aliphatic heterocycles. The number of rotatable bonds is 7. The van der Waals surface area contributed by atoms with E-state index in [1.165, 1.54) is 12.1 Å². The Labute approximate surface area is 146 Å². The van der Waals surface area contributed by atoms with Crippen LogP contribution in [0.15, 0.2) is 48.5 Å². The average molecular weight is 347 g/mol. The van der Waals surface area contributed by atoms with Crippen molar-refractivity contribution in [3.8, 4) is 0 Å². The predicted molar refractivity (Wildman–Crippen MR) is 96.1 cm³/mol. The fourth-order valence-electron chi connectivity index (χ4n) is 2.53. The number of hydrogen-bond acceptors (Lipinski definition) is 3. The molecule has 5 heteroatoms. The Morgan fingerprint density at radius 2 is 1.92 bits per heavy atom. The summed E-state index contributed by atoms with van der Waals surface area (Å²) < 4.78 is 13.3. The van der Waals surface area contributed by atoms with E-state index in [1.54, 1.807) is 36.9 Å². The molecule has 0 aliphatic rings. The van der Waals surface area contributed by atoms with Gasteiger partial charge in [-0.25, -0.2) is 4.39 Å². The number of carbonyl (C=O) groups is 1. The van der Waals surface area contributed by atoms with Crippen molar-refractivity contribution in [1.82, 2.24) is 5.32 Å². The first-order valence-electron chi connectivity index (χ1n) is 7.73. The van der Waals surface area contributed by atoms with E-state index >= 15 is 0 Å². The minimum Gasteiger partial charge on any atom is -0.385 e. The topological polar surface area (TPSA) is 49.3 Å². The highest BCUT2D eigenvalue weighted by molar-refractivity contribution is 7.97. The van der Waals surface area contributed by atoms with Crippen LogP contribution in [-0.4, -0.2) is 17.3 Å². The van der Waals surface area contributed by atoms with Crippen molar-refractivity contribution in [2.24, 2.45) is 0 Å². The van der Waals surface area contributed by atoms with Crippen molar-refractivity contribution in [1.29, 1.82) is 0 Å². The molecule has 0 radical (unpaired) electrons. The molecule has 3 nitrogen and oxygen atoms in total. The number of halogens is 1. The van der Waals surface area contributed by atoms with Crippen LogP contribution < -0.4 is 5.32 Å². The minimum absolute atomic E-state index is 0.0317.